The summed E-state index contributed by atoms with van der Waals surface area (Å²) in [6.45, 7) is 4.95. The number of hydrogen-bond acceptors (Lipinski definition) is 2. The van der Waals surface area contributed by atoms with Crippen molar-refractivity contribution in [3.63, 3.8) is 0 Å². The van der Waals surface area contributed by atoms with Gasteiger partial charge >= 0.3 is 0 Å². The van der Waals surface area contributed by atoms with Crippen molar-refractivity contribution in [3.05, 3.63) is 65.2 Å². The molecule has 1 amide bonds. The lowest BCUT2D eigenvalue weighted by Gasteiger charge is -2.10. The molecule has 0 unspecified atom stereocenters. The van der Waals surface area contributed by atoms with Crippen LogP contribution in [0.1, 0.15) is 35.3 Å². The van der Waals surface area contributed by atoms with E-state index in [2.05, 4.69) is 13.8 Å². The third-order valence-electron chi connectivity index (χ3n) is 3.18. The van der Waals surface area contributed by atoms with Gasteiger partial charge in [-0.1, -0.05) is 44.2 Å². The van der Waals surface area contributed by atoms with Gasteiger partial charge in [0.2, 0.25) is 5.91 Å². The highest BCUT2D eigenvalue weighted by Gasteiger charge is 2.07. The SMILES string of the molecule is CC(C)COc1ccc(Cc2ccccc2C(N)=O)cc1. The molecule has 2 N–H and O–H groups in total. The van der Waals surface area contributed by atoms with Crippen LogP contribution >= 0.6 is 0 Å². The molecule has 0 aliphatic carbocycles. The Balaban J connectivity index is 2.09. The number of amides is 1. The molecule has 0 spiro atoms. The molecule has 0 fully saturated rings. The van der Waals surface area contributed by atoms with Crippen LogP contribution in [0.2, 0.25) is 0 Å². The summed E-state index contributed by atoms with van der Waals surface area (Å²) in [6.07, 6.45) is 0.684. The van der Waals surface area contributed by atoms with E-state index in [0.717, 1.165) is 16.9 Å². The summed E-state index contributed by atoms with van der Waals surface area (Å²) >= 11 is 0. The molecule has 0 bridgehead atoms. The fourth-order valence-electron chi connectivity index (χ4n) is 2.10. The molecule has 0 radical (unpaired) electrons. The first-order valence-electron chi connectivity index (χ1n) is 7.15. The zero-order valence-electron chi connectivity index (χ0n) is 12.5. The molecular formula is C18H21NO2. The number of ether oxygens (including phenoxy) is 1. The zero-order chi connectivity index (χ0) is 15.2. The van der Waals surface area contributed by atoms with Crippen molar-refractivity contribution in [2.75, 3.05) is 6.61 Å². The maximum Gasteiger partial charge on any atom is 0.248 e. The van der Waals surface area contributed by atoms with Crippen LogP contribution in [-0.4, -0.2) is 12.5 Å². The molecule has 0 saturated heterocycles. The monoisotopic (exact) mass is 283 g/mol. The summed E-state index contributed by atoms with van der Waals surface area (Å²) < 4.78 is 5.66. The topological polar surface area (TPSA) is 52.3 Å². The maximum atomic E-state index is 11.4. The average molecular weight is 283 g/mol. The lowest BCUT2D eigenvalue weighted by Crippen LogP contribution is -2.13. The minimum Gasteiger partial charge on any atom is -0.493 e. The van der Waals surface area contributed by atoms with Crippen molar-refractivity contribution in [2.24, 2.45) is 11.7 Å². The summed E-state index contributed by atoms with van der Waals surface area (Å²) in [5, 5.41) is 0. The summed E-state index contributed by atoms with van der Waals surface area (Å²) in [5.41, 5.74) is 8.05. The van der Waals surface area contributed by atoms with E-state index in [4.69, 9.17) is 10.5 Å². The van der Waals surface area contributed by atoms with Crippen LogP contribution in [0.5, 0.6) is 5.75 Å². The van der Waals surface area contributed by atoms with Gasteiger partial charge in [-0.3, -0.25) is 4.79 Å². The minimum atomic E-state index is -0.387. The van der Waals surface area contributed by atoms with Crippen molar-refractivity contribution in [1.29, 1.82) is 0 Å². The fraction of sp³-hybridized carbons (Fsp3) is 0.278. The second kappa shape index (κ2) is 6.93. The van der Waals surface area contributed by atoms with Crippen LogP contribution in [0.3, 0.4) is 0 Å². The van der Waals surface area contributed by atoms with Crippen LogP contribution in [0.15, 0.2) is 48.5 Å². The number of carbonyl (C=O) groups excluding carboxylic acids is 1. The van der Waals surface area contributed by atoms with Crippen LogP contribution in [0.25, 0.3) is 0 Å². The number of hydrogen-bond donors (Lipinski definition) is 1. The highest BCUT2D eigenvalue weighted by molar-refractivity contribution is 5.94. The van der Waals surface area contributed by atoms with Gasteiger partial charge in [0.15, 0.2) is 0 Å². The zero-order valence-corrected chi connectivity index (χ0v) is 12.5. The molecule has 0 aliphatic rings. The van der Waals surface area contributed by atoms with E-state index in [1.54, 1.807) is 6.07 Å². The molecular weight excluding hydrogens is 262 g/mol. The Bertz CT molecular complexity index is 603. The Labute approximate surface area is 125 Å². The molecule has 2 aromatic rings. The lowest BCUT2D eigenvalue weighted by molar-refractivity contribution is 0.0999. The predicted molar refractivity (Wildman–Crippen MR) is 84.5 cm³/mol. The summed E-state index contributed by atoms with van der Waals surface area (Å²) in [5.74, 6) is 0.991. The Kier molecular flexibility index (Phi) is 4.99. The molecule has 0 aromatic heterocycles. The molecule has 2 aromatic carbocycles. The molecule has 2 rings (SSSR count). The molecule has 3 heteroatoms. The van der Waals surface area contributed by atoms with Crippen molar-refractivity contribution in [1.82, 2.24) is 0 Å². The first-order chi connectivity index (χ1) is 10.1. The highest BCUT2D eigenvalue weighted by atomic mass is 16.5. The molecule has 21 heavy (non-hydrogen) atoms. The van der Waals surface area contributed by atoms with Gasteiger partial charge in [-0.2, -0.15) is 0 Å². The van der Waals surface area contributed by atoms with Crippen molar-refractivity contribution >= 4 is 5.91 Å². The van der Waals surface area contributed by atoms with Gasteiger partial charge in [0.1, 0.15) is 5.75 Å². The van der Waals surface area contributed by atoms with E-state index >= 15 is 0 Å². The second-order valence-corrected chi connectivity index (χ2v) is 5.55. The number of primary amides is 1. The molecule has 0 aliphatic heterocycles. The van der Waals surface area contributed by atoms with Crippen LogP contribution in [0, 0.1) is 5.92 Å². The number of carbonyl (C=O) groups is 1. The van der Waals surface area contributed by atoms with E-state index in [-0.39, 0.29) is 5.91 Å². The second-order valence-electron chi connectivity index (χ2n) is 5.55. The smallest absolute Gasteiger partial charge is 0.248 e. The fourth-order valence-corrected chi connectivity index (χ4v) is 2.10. The van der Waals surface area contributed by atoms with E-state index in [1.807, 2.05) is 42.5 Å². The van der Waals surface area contributed by atoms with Crippen molar-refractivity contribution < 1.29 is 9.53 Å². The standard InChI is InChI=1S/C18H21NO2/c1-13(2)12-21-16-9-7-14(8-10-16)11-15-5-3-4-6-17(15)18(19)20/h3-10,13H,11-12H2,1-2H3,(H2,19,20). The van der Waals surface area contributed by atoms with Gasteiger partial charge in [-0.05, 0) is 41.7 Å². The minimum absolute atomic E-state index is 0.387. The van der Waals surface area contributed by atoms with Crippen LogP contribution in [-0.2, 0) is 6.42 Å². The Morgan fingerprint density at radius 1 is 1.10 bits per heavy atom. The Hall–Kier alpha value is -2.29. The number of rotatable bonds is 6. The number of benzene rings is 2. The van der Waals surface area contributed by atoms with Crippen molar-refractivity contribution in [2.45, 2.75) is 20.3 Å². The first kappa shape index (κ1) is 15.1. The highest BCUT2D eigenvalue weighted by Crippen LogP contribution is 2.18. The van der Waals surface area contributed by atoms with Crippen LogP contribution < -0.4 is 10.5 Å². The Morgan fingerprint density at radius 2 is 1.76 bits per heavy atom. The molecule has 110 valence electrons. The van der Waals surface area contributed by atoms with Gasteiger partial charge < -0.3 is 10.5 Å². The average Bonchev–Trinajstić information content (AvgIpc) is 2.47. The largest absolute Gasteiger partial charge is 0.493 e. The van der Waals surface area contributed by atoms with Crippen LogP contribution in [0.4, 0.5) is 0 Å². The lowest BCUT2D eigenvalue weighted by atomic mass is 9.99. The molecule has 0 atom stereocenters. The van der Waals surface area contributed by atoms with Gasteiger partial charge in [0, 0.05) is 5.56 Å². The molecule has 3 nitrogen and oxygen atoms in total. The maximum absolute atomic E-state index is 11.4. The summed E-state index contributed by atoms with van der Waals surface area (Å²) in [6, 6.07) is 15.4. The normalized spacial score (nSPS) is 10.6. The predicted octanol–water partition coefficient (Wildman–Crippen LogP) is 3.41. The Morgan fingerprint density at radius 3 is 2.38 bits per heavy atom. The van der Waals surface area contributed by atoms with E-state index < -0.39 is 0 Å². The van der Waals surface area contributed by atoms with E-state index in [0.29, 0.717) is 24.5 Å². The number of nitrogens with two attached hydrogens (primary N) is 1. The van der Waals surface area contributed by atoms with Gasteiger partial charge in [0.25, 0.3) is 0 Å². The summed E-state index contributed by atoms with van der Waals surface area (Å²) in [4.78, 5) is 11.4. The quantitative estimate of drug-likeness (QED) is 0.883. The molecule has 0 heterocycles. The van der Waals surface area contributed by atoms with Gasteiger partial charge in [0.05, 0.1) is 6.61 Å². The van der Waals surface area contributed by atoms with Crippen molar-refractivity contribution in [3.8, 4) is 5.75 Å². The first-order valence-corrected chi connectivity index (χ1v) is 7.15. The van der Waals surface area contributed by atoms with E-state index in [9.17, 15) is 4.79 Å². The molecule has 0 saturated carbocycles. The van der Waals surface area contributed by atoms with Gasteiger partial charge in [-0.15, -0.1) is 0 Å². The summed E-state index contributed by atoms with van der Waals surface area (Å²) in [7, 11) is 0. The van der Waals surface area contributed by atoms with Gasteiger partial charge in [-0.25, -0.2) is 0 Å². The third-order valence-corrected chi connectivity index (χ3v) is 3.18. The van der Waals surface area contributed by atoms with E-state index in [1.165, 1.54) is 0 Å². The third kappa shape index (κ3) is 4.35.